The van der Waals surface area contributed by atoms with E-state index in [1.807, 2.05) is 55.1 Å². The molecule has 0 spiro atoms. The molecule has 40 heavy (non-hydrogen) atoms. The van der Waals surface area contributed by atoms with Crippen molar-refractivity contribution in [1.29, 1.82) is 0 Å². The minimum absolute atomic E-state index is 0.0140. The Hall–Kier alpha value is -4.17. The molecule has 8 heteroatoms. The van der Waals surface area contributed by atoms with E-state index in [1.165, 1.54) is 6.07 Å². The second kappa shape index (κ2) is 11.5. The highest BCUT2D eigenvalue weighted by molar-refractivity contribution is 5.97. The summed E-state index contributed by atoms with van der Waals surface area (Å²) >= 11 is 0. The Morgan fingerprint density at radius 2 is 1.85 bits per heavy atom. The summed E-state index contributed by atoms with van der Waals surface area (Å²) in [5, 5.41) is 9.78. The zero-order valence-corrected chi connectivity index (χ0v) is 22.7. The quantitative estimate of drug-likeness (QED) is 0.312. The molecule has 0 aromatic heterocycles. The second-order valence-corrected chi connectivity index (χ2v) is 10.8. The fourth-order valence-corrected chi connectivity index (χ4v) is 4.89. The fourth-order valence-electron chi connectivity index (χ4n) is 4.89. The van der Waals surface area contributed by atoms with Gasteiger partial charge in [0.2, 0.25) is 0 Å². The molecule has 3 aromatic carbocycles. The molecule has 3 N–H and O–H groups in total. The van der Waals surface area contributed by atoms with Gasteiger partial charge in [-0.1, -0.05) is 62.4 Å². The molecule has 2 unspecified atom stereocenters. The highest BCUT2D eigenvalue weighted by Gasteiger charge is 2.41. The molecule has 2 aliphatic heterocycles. The number of hydrogen-bond acceptors (Lipinski definition) is 5. The van der Waals surface area contributed by atoms with E-state index in [-0.39, 0.29) is 17.6 Å². The van der Waals surface area contributed by atoms with Gasteiger partial charge in [-0.25, -0.2) is 8.78 Å². The van der Waals surface area contributed by atoms with E-state index in [9.17, 15) is 13.6 Å². The van der Waals surface area contributed by atoms with Crippen molar-refractivity contribution in [2.45, 2.75) is 38.7 Å². The molecule has 6 nitrogen and oxygen atoms in total. The van der Waals surface area contributed by atoms with Gasteiger partial charge in [-0.2, -0.15) is 0 Å². The van der Waals surface area contributed by atoms with Crippen LogP contribution in [0.1, 0.15) is 35.3 Å². The molecule has 0 saturated carbocycles. The number of hydrogen-bond donors (Lipinski definition) is 3. The number of halogens is 2. The molecule has 2 heterocycles. The summed E-state index contributed by atoms with van der Waals surface area (Å²) in [5.41, 5.74) is 1.41. The third kappa shape index (κ3) is 5.87. The lowest BCUT2D eigenvalue weighted by Crippen LogP contribution is -2.59. The van der Waals surface area contributed by atoms with E-state index in [0.717, 1.165) is 30.8 Å². The van der Waals surface area contributed by atoms with E-state index in [4.69, 9.17) is 4.74 Å². The normalized spacial score (nSPS) is 17.9. The number of carbonyl (C=O) groups is 1. The standard InChI is InChI=1S/C32H34F2N4O2/c1-4-32(2,3)29(37-31(39)24-12-8-9-13-28(24)40-23-17-35-18-23)30-36-27(25-16-22(33)14-15-26(25)34)20-38(30)19-21-10-6-5-7-11-21/h4-16,20,23,29-30,35-36H,1,17-19H2,2-3H3,(H,37,39). The summed E-state index contributed by atoms with van der Waals surface area (Å²) in [4.78, 5) is 15.8. The van der Waals surface area contributed by atoms with Crippen molar-refractivity contribution in [2.24, 2.45) is 5.41 Å². The Kier molecular flexibility index (Phi) is 7.89. The molecule has 0 radical (unpaired) electrons. The van der Waals surface area contributed by atoms with Crippen molar-refractivity contribution in [3.8, 4) is 5.75 Å². The number of ether oxygens (including phenoxy) is 1. The molecule has 2 aliphatic rings. The third-order valence-corrected chi connectivity index (χ3v) is 7.48. The average Bonchev–Trinajstić information content (AvgIpc) is 3.34. The maximum atomic E-state index is 14.8. The van der Waals surface area contributed by atoms with Crippen LogP contribution in [-0.2, 0) is 6.54 Å². The van der Waals surface area contributed by atoms with Gasteiger partial charge in [0.25, 0.3) is 5.91 Å². The number of nitrogens with zero attached hydrogens (tertiary/aromatic N) is 1. The van der Waals surface area contributed by atoms with Gasteiger partial charge in [0.15, 0.2) is 0 Å². The molecule has 1 saturated heterocycles. The Labute approximate surface area is 233 Å². The molecule has 3 aromatic rings. The lowest BCUT2D eigenvalue weighted by Gasteiger charge is -2.41. The summed E-state index contributed by atoms with van der Waals surface area (Å²) in [6.07, 6.45) is 3.09. The molecule has 2 atom stereocenters. The lowest BCUT2D eigenvalue weighted by atomic mass is 9.82. The minimum atomic E-state index is -0.597. The molecule has 5 rings (SSSR count). The van der Waals surface area contributed by atoms with E-state index in [2.05, 4.69) is 22.5 Å². The Balaban J connectivity index is 1.48. The van der Waals surface area contributed by atoms with E-state index >= 15 is 0 Å². The van der Waals surface area contributed by atoms with Gasteiger partial charge in [-0.15, -0.1) is 6.58 Å². The first-order valence-electron chi connectivity index (χ1n) is 13.4. The van der Waals surface area contributed by atoms with Gasteiger partial charge in [-0.3, -0.25) is 4.79 Å². The topological polar surface area (TPSA) is 65.6 Å². The van der Waals surface area contributed by atoms with Gasteiger partial charge in [0, 0.05) is 36.8 Å². The highest BCUT2D eigenvalue weighted by atomic mass is 19.1. The number of nitrogens with one attached hydrogen (secondary N) is 3. The van der Waals surface area contributed by atoms with Gasteiger partial charge in [0.1, 0.15) is 29.7 Å². The minimum Gasteiger partial charge on any atom is -0.487 e. The van der Waals surface area contributed by atoms with Crippen LogP contribution in [0, 0.1) is 17.0 Å². The van der Waals surface area contributed by atoms with E-state index in [0.29, 0.717) is 23.6 Å². The zero-order valence-electron chi connectivity index (χ0n) is 22.7. The van der Waals surface area contributed by atoms with Crippen LogP contribution in [0.25, 0.3) is 5.70 Å². The number of para-hydroxylation sites is 1. The van der Waals surface area contributed by atoms with Crippen LogP contribution in [0.5, 0.6) is 5.75 Å². The molecule has 1 fully saturated rings. The van der Waals surface area contributed by atoms with E-state index in [1.54, 1.807) is 30.5 Å². The van der Waals surface area contributed by atoms with Crippen molar-refractivity contribution < 1.29 is 18.3 Å². The summed E-state index contributed by atoms with van der Waals surface area (Å²) in [7, 11) is 0. The number of amides is 1. The Bertz CT molecular complexity index is 1410. The lowest BCUT2D eigenvalue weighted by molar-refractivity contribution is 0.0823. The van der Waals surface area contributed by atoms with Crippen molar-refractivity contribution in [1.82, 2.24) is 20.9 Å². The monoisotopic (exact) mass is 544 g/mol. The highest BCUT2D eigenvalue weighted by Crippen LogP contribution is 2.33. The average molecular weight is 545 g/mol. The van der Waals surface area contributed by atoms with Crippen LogP contribution in [0.3, 0.4) is 0 Å². The predicted molar refractivity (Wildman–Crippen MR) is 152 cm³/mol. The summed E-state index contributed by atoms with van der Waals surface area (Å²) in [6.45, 7) is 9.94. The molecule has 208 valence electrons. The fraction of sp³-hybridized carbons (Fsp3) is 0.281. The van der Waals surface area contributed by atoms with Crippen molar-refractivity contribution >= 4 is 11.6 Å². The second-order valence-electron chi connectivity index (χ2n) is 10.8. The largest absolute Gasteiger partial charge is 0.487 e. The Morgan fingerprint density at radius 3 is 2.55 bits per heavy atom. The first-order valence-corrected chi connectivity index (χ1v) is 13.4. The molecule has 0 aliphatic carbocycles. The van der Waals surface area contributed by atoms with Crippen LogP contribution in [0.2, 0.25) is 0 Å². The number of carbonyl (C=O) groups excluding carboxylic acids is 1. The summed E-state index contributed by atoms with van der Waals surface area (Å²) in [6, 6.07) is 19.9. The SMILES string of the molecule is C=CC(C)(C)C(NC(=O)c1ccccc1OC1CNC1)C1NC(c2cc(F)ccc2F)=CN1Cc1ccccc1. The summed E-state index contributed by atoms with van der Waals surface area (Å²) < 4.78 is 35.1. The number of rotatable bonds is 10. The maximum Gasteiger partial charge on any atom is 0.255 e. The van der Waals surface area contributed by atoms with E-state index < -0.39 is 29.3 Å². The maximum absolute atomic E-state index is 14.8. The van der Waals surface area contributed by atoms with Gasteiger partial charge < -0.3 is 25.6 Å². The Morgan fingerprint density at radius 1 is 1.12 bits per heavy atom. The first kappa shape index (κ1) is 27.4. The first-order chi connectivity index (χ1) is 19.2. The molecular formula is C32H34F2N4O2. The van der Waals surface area contributed by atoms with Crippen LogP contribution in [-0.4, -0.2) is 42.2 Å². The van der Waals surface area contributed by atoms with Crippen LogP contribution in [0.4, 0.5) is 8.78 Å². The predicted octanol–water partition coefficient (Wildman–Crippen LogP) is 5.06. The van der Waals surface area contributed by atoms with Crippen LogP contribution < -0.4 is 20.7 Å². The van der Waals surface area contributed by atoms with Crippen molar-refractivity contribution in [3.05, 3.63) is 120 Å². The van der Waals surface area contributed by atoms with Gasteiger partial charge in [-0.05, 0) is 35.9 Å². The van der Waals surface area contributed by atoms with Gasteiger partial charge in [0.05, 0.1) is 17.3 Å². The third-order valence-electron chi connectivity index (χ3n) is 7.48. The number of benzene rings is 3. The van der Waals surface area contributed by atoms with Crippen LogP contribution >= 0.6 is 0 Å². The van der Waals surface area contributed by atoms with Gasteiger partial charge >= 0.3 is 0 Å². The molecule has 1 amide bonds. The molecular weight excluding hydrogens is 510 g/mol. The van der Waals surface area contributed by atoms with Crippen LogP contribution in [0.15, 0.2) is 91.7 Å². The molecule has 0 bridgehead atoms. The van der Waals surface area contributed by atoms with Crippen molar-refractivity contribution in [2.75, 3.05) is 13.1 Å². The van der Waals surface area contributed by atoms with Crippen molar-refractivity contribution in [3.63, 3.8) is 0 Å². The summed E-state index contributed by atoms with van der Waals surface area (Å²) in [5.74, 6) is -0.857. The zero-order chi connectivity index (χ0) is 28.3. The smallest absolute Gasteiger partial charge is 0.255 e.